The quantitative estimate of drug-likeness (QED) is 0.0846. The second-order valence-electron chi connectivity index (χ2n) is 18.2. The van der Waals surface area contributed by atoms with E-state index in [1.807, 2.05) is 6.07 Å². The van der Waals surface area contributed by atoms with Gasteiger partial charge >= 0.3 is 6.09 Å². The number of piperazine rings is 1. The Bertz CT molecular complexity index is 2430. The van der Waals surface area contributed by atoms with Crippen molar-refractivity contribution in [1.29, 1.82) is 0 Å². The van der Waals surface area contributed by atoms with Crippen molar-refractivity contribution >= 4 is 52.2 Å². The maximum absolute atomic E-state index is 15.0. The van der Waals surface area contributed by atoms with Gasteiger partial charge in [0.2, 0.25) is 5.91 Å². The predicted octanol–water partition coefficient (Wildman–Crippen LogP) is 5.59. The lowest BCUT2D eigenvalue weighted by Crippen LogP contribution is -2.52. The number of aromatic amines is 1. The minimum Gasteiger partial charge on any atom is -0.444 e. The number of carbonyl (C=O) groups excluding carboxylic acids is 5. The molecule has 0 unspecified atom stereocenters. The van der Waals surface area contributed by atoms with Crippen molar-refractivity contribution in [3.8, 4) is 0 Å². The minimum absolute atomic E-state index is 0. The molecule has 3 fully saturated rings. The van der Waals surface area contributed by atoms with Crippen molar-refractivity contribution in [3.63, 3.8) is 0 Å². The summed E-state index contributed by atoms with van der Waals surface area (Å²) in [4.78, 5) is 83.1. The number of aldehydes is 1. The average Bonchev–Trinajstić information content (AvgIpc) is 3.32. The van der Waals surface area contributed by atoms with Crippen molar-refractivity contribution in [2.45, 2.75) is 79.2 Å². The number of hydrogen-bond acceptors (Lipinski definition) is 13. The van der Waals surface area contributed by atoms with Crippen LogP contribution in [0.5, 0.6) is 0 Å². The largest absolute Gasteiger partial charge is 0.444 e. The lowest BCUT2D eigenvalue weighted by Gasteiger charge is -2.47. The molecule has 2 aromatic carbocycles. The van der Waals surface area contributed by atoms with Crippen LogP contribution >= 0.6 is 0 Å². The summed E-state index contributed by atoms with van der Waals surface area (Å²) >= 11 is 0. The zero-order valence-electron chi connectivity index (χ0n) is 40.8. The van der Waals surface area contributed by atoms with E-state index in [4.69, 9.17) is 19.0 Å². The average molecular weight is 960 g/mol. The Hall–Kier alpha value is -6.31. The number of aromatic nitrogens is 3. The van der Waals surface area contributed by atoms with Crippen molar-refractivity contribution in [3.05, 3.63) is 93.4 Å². The van der Waals surface area contributed by atoms with E-state index in [2.05, 4.69) is 49.9 Å². The standard InChI is InChI=1S/C44H54FN9O8.C4H10.C2H4O.H2/c1-43(2,3)62-42(59)49-36-24-30(52-14-10-44(11-15-52)27-61-28-44)25-48-38(36)40(57)47-13-21-60-20-12-46-26-37(55)53-16-18-54(19-17-53)41(58)33-22-29(8-9-34(33)45)23-35-31-6-4-5-7-32(31)39(56)51-50-35;1-3-4-2;1-2-3;/h4-9,22,24-25,46H,10-21,23,26-28H2,1-3H3,(H,47,57)(H,49,59)(H,51,56);3-4H2,1-2H3;2H,1H3;1H. The molecule has 4 aromatic rings. The molecule has 5 heterocycles. The third-order valence-electron chi connectivity index (χ3n) is 11.8. The van der Waals surface area contributed by atoms with Crippen LogP contribution < -0.4 is 26.4 Å². The van der Waals surface area contributed by atoms with Gasteiger partial charge in [-0.15, -0.1) is 0 Å². The number of unbranched alkanes of at least 4 members (excludes halogenated alkanes) is 1. The van der Waals surface area contributed by atoms with E-state index in [0.29, 0.717) is 41.7 Å². The molecule has 0 saturated carbocycles. The summed E-state index contributed by atoms with van der Waals surface area (Å²) < 4.78 is 31.5. The van der Waals surface area contributed by atoms with Crippen LogP contribution in [0.2, 0.25) is 0 Å². The van der Waals surface area contributed by atoms with Gasteiger partial charge in [0.1, 0.15) is 17.7 Å². The van der Waals surface area contributed by atoms with E-state index in [0.717, 1.165) is 51.1 Å². The monoisotopic (exact) mass is 960 g/mol. The highest BCUT2D eigenvalue weighted by Gasteiger charge is 2.41. The Morgan fingerprint density at radius 1 is 0.928 bits per heavy atom. The van der Waals surface area contributed by atoms with Gasteiger partial charge in [-0.25, -0.2) is 19.3 Å². The Morgan fingerprint density at radius 2 is 1.58 bits per heavy atom. The lowest BCUT2D eigenvalue weighted by molar-refractivity contribution is -0.131. The van der Waals surface area contributed by atoms with E-state index in [1.165, 1.54) is 31.9 Å². The van der Waals surface area contributed by atoms with Crippen LogP contribution in [-0.4, -0.2) is 146 Å². The number of carbonyl (C=O) groups is 5. The van der Waals surface area contributed by atoms with E-state index < -0.39 is 29.3 Å². The third kappa shape index (κ3) is 15.6. The molecule has 69 heavy (non-hydrogen) atoms. The highest BCUT2D eigenvalue weighted by molar-refractivity contribution is 6.01. The topological polar surface area (TPSA) is 217 Å². The highest BCUT2D eigenvalue weighted by Crippen LogP contribution is 2.40. The van der Waals surface area contributed by atoms with Crippen molar-refractivity contribution in [2.24, 2.45) is 5.41 Å². The Kier molecular flexibility index (Phi) is 20.1. The van der Waals surface area contributed by atoms with Crippen LogP contribution in [0.3, 0.4) is 0 Å². The summed E-state index contributed by atoms with van der Waals surface area (Å²) in [5.41, 5.74) is 1.54. The van der Waals surface area contributed by atoms with Gasteiger partial charge in [-0.1, -0.05) is 51.0 Å². The first-order valence-corrected chi connectivity index (χ1v) is 23.7. The fraction of sp³-hybridized carbons (Fsp3) is 0.520. The number of amides is 4. The number of fused-ring (bicyclic) bond motifs is 1. The van der Waals surface area contributed by atoms with Crippen molar-refractivity contribution in [1.82, 2.24) is 35.6 Å². The van der Waals surface area contributed by atoms with Crippen LogP contribution in [-0.2, 0) is 30.2 Å². The molecule has 2 aromatic heterocycles. The molecule has 0 atom stereocenters. The summed E-state index contributed by atoms with van der Waals surface area (Å²) in [7, 11) is 0. The fourth-order valence-electron chi connectivity index (χ4n) is 7.78. The molecule has 3 aliphatic rings. The molecular formula is C50H70FN9O9. The highest BCUT2D eigenvalue weighted by atomic mass is 19.1. The van der Waals surface area contributed by atoms with Gasteiger partial charge in [-0.2, -0.15) is 5.10 Å². The van der Waals surface area contributed by atoms with Crippen molar-refractivity contribution in [2.75, 3.05) is 95.5 Å². The smallest absolute Gasteiger partial charge is 0.412 e. The van der Waals surface area contributed by atoms with Gasteiger partial charge in [0, 0.05) is 71.0 Å². The van der Waals surface area contributed by atoms with E-state index in [-0.39, 0.29) is 81.1 Å². The van der Waals surface area contributed by atoms with Gasteiger partial charge in [-0.05, 0) is 70.4 Å². The Morgan fingerprint density at radius 3 is 2.22 bits per heavy atom. The number of piperidine rings is 1. The molecule has 18 nitrogen and oxygen atoms in total. The van der Waals surface area contributed by atoms with Gasteiger partial charge in [0.15, 0.2) is 5.69 Å². The first-order chi connectivity index (χ1) is 33.1. The second kappa shape index (κ2) is 25.9. The molecule has 4 amide bonds. The lowest BCUT2D eigenvalue weighted by atomic mass is 9.77. The zero-order valence-corrected chi connectivity index (χ0v) is 40.8. The van der Waals surface area contributed by atoms with Gasteiger partial charge in [-0.3, -0.25) is 24.5 Å². The molecule has 0 radical (unpaired) electrons. The van der Waals surface area contributed by atoms with Crippen LogP contribution in [0.15, 0.2) is 59.5 Å². The number of halogens is 1. The number of H-pyrrole nitrogens is 1. The first-order valence-electron chi connectivity index (χ1n) is 23.7. The summed E-state index contributed by atoms with van der Waals surface area (Å²) in [6, 6.07) is 13.2. The number of rotatable bonds is 15. The number of pyridine rings is 1. The number of benzene rings is 2. The summed E-state index contributed by atoms with van der Waals surface area (Å²) in [5.74, 6) is -1.71. The summed E-state index contributed by atoms with van der Waals surface area (Å²) in [6.07, 6.45) is 6.63. The minimum atomic E-state index is -0.733. The Labute approximate surface area is 404 Å². The molecule has 4 N–H and O–H groups in total. The Balaban J connectivity index is 0.00000125. The summed E-state index contributed by atoms with van der Waals surface area (Å²) in [6.45, 7) is 16.5. The molecule has 3 saturated heterocycles. The van der Waals surface area contributed by atoms with E-state index >= 15 is 0 Å². The SMILES string of the molecule is CC(C)(C)OC(=O)Nc1cc(N2CCC3(CC2)COC3)cnc1C(=O)NCCOCCNCC(=O)N1CCN(C(=O)c2cc(Cc3n[nH]c(=O)c4ccccc34)ccc2F)CC1.CC=O.CCCC.[HH]. The van der Waals surface area contributed by atoms with E-state index in [9.17, 15) is 28.4 Å². The van der Waals surface area contributed by atoms with Crippen LogP contribution in [0.1, 0.15) is 101 Å². The summed E-state index contributed by atoms with van der Waals surface area (Å²) in [5, 5.41) is 16.5. The fourth-order valence-corrected chi connectivity index (χ4v) is 7.78. The molecule has 0 aliphatic carbocycles. The van der Waals surface area contributed by atoms with Gasteiger partial charge in [0.05, 0.1) is 67.2 Å². The van der Waals surface area contributed by atoms with Gasteiger partial charge in [0.25, 0.3) is 17.4 Å². The number of anilines is 2. The number of nitrogens with zero attached hydrogens (tertiary/aromatic N) is 5. The molecule has 0 bridgehead atoms. The van der Waals surface area contributed by atoms with E-state index in [1.54, 1.807) is 67.1 Å². The van der Waals surface area contributed by atoms with Gasteiger partial charge < -0.3 is 44.3 Å². The third-order valence-corrected chi connectivity index (χ3v) is 11.8. The molecule has 7 rings (SSSR count). The number of hydrogen-bond donors (Lipinski definition) is 4. The van der Waals surface area contributed by atoms with Crippen LogP contribution in [0, 0.1) is 11.2 Å². The normalized spacial score (nSPS) is 15.2. The molecule has 1 spiro atoms. The maximum atomic E-state index is 15.0. The first kappa shape index (κ1) is 53.6. The molecule has 3 aliphatic heterocycles. The molecular weight excluding hydrogens is 890 g/mol. The maximum Gasteiger partial charge on any atom is 0.412 e. The zero-order chi connectivity index (χ0) is 50.0. The van der Waals surface area contributed by atoms with Crippen LogP contribution in [0.4, 0.5) is 20.6 Å². The number of ether oxygens (including phenoxy) is 3. The van der Waals surface area contributed by atoms with Crippen LogP contribution in [0.25, 0.3) is 10.8 Å². The molecule has 376 valence electrons. The number of nitrogens with one attached hydrogen (secondary N) is 4. The second-order valence-corrected chi connectivity index (χ2v) is 18.2. The molecule has 19 heteroatoms. The van der Waals surface area contributed by atoms with Crippen molar-refractivity contribution < 1.29 is 44.0 Å². The predicted molar refractivity (Wildman–Crippen MR) is 263 cm³/mol.